The Labute approximate surface area is 118 Å². The first-order valence-corrected chi connectivity index (χ1v) is 6.96. The Morgan fingerprint density at radius 3 is 3.05 bits per heavy atom. The van der Waals surface area contributed by atoms with Gasteiger partial charge in [0.2, 0.25) is 0 Å². The lowest BCUT2D eigenvalue weighted by molar-refractivity contribution is -0.127. The van der Waals surface area contributed by atoms with Gasteiger partial charge in [0.25, 0.3) is 5.91 Å². The van der Waals surface area contributed by atoms with Crippen LogP contribution in [0.2, 0.25) is 5.02 Å². The van der Waals surface area contributed by atoms with Crippen molar-refractivity contribution in [3.63, 3.8) is 0 Å². The molecule has 19 heavy (non-hydrogen) atoms. The highest BCUT2D eigenvalue weighted by molar-refractivity contribution is 6.32. The van der Waals surface area contributed by atoms with E-state index in [-0.39, 0.29) is 5.91 Å². The van der Waals surface area contributed by atoms with Crippen molar-refractivity contribution in [2.45, 2.75) is 31.9 Å². The lowest BCUT2D eigenvalue weighted by Crippen LogP contribution is -2.36. The second-order valence-corrected chi connectivity index (χ2v) is 5.10. The van der Waals surface area contributed by atoms with Gasteiger partial charge < -0.3 is 15.4 Å². The summed E-state index contributed by atoms with van der Waals surface area (Å²) in [4.78, 5) is 11.8. The Morgan fingerprint density at radius 1 is 1.47 bits per heavy atom. The maximum atomic E-state index is 11.8. The Hall–Kier alpha value is -1.26. The van der Waals surface area contributed by atoms with Crippen molar-refractivity contribution < 1.29 is 9.53 Å². The van der Waals surface area contributed by atoms with Crippen molar-refractivity contribution >= 4 is 17.5 Å². The van der Waals surface area contributed by atoms with Crippen LogP contribution in [0.3, 0.4) is 0 Å². The standard InChI is InChI=1S/C14H19ClN2O2/c1-16-9-10-5-6-12(11(15)8-10)19-13-4-2-3-7-17-14(13)18/h5-6,8,13,16H,2-4,7,9H2,1H3,(H,17,18). The van der Waals surface area contributed by atoms with E-state index in [4.69, 9.17) is 16.3 Å². The highest BCUT2D eigenvalue weighted by Crippen LogP contribution is 2.27. The molecule has 1 unspecified atom stereocenters. The quantitative estimate of drug-likeness (QED) is 0.889. The van der Waals surface area contributed by atoms with Gasteiger partial charge in [0.1, 0.15) is 5.75 Å². The third kappa shape index (κ3) is 3.85. The summed E-state index contributed by atoms with van der Waals surface area (Å²) < 4.78 is 5.75. The number of ether oxygens (including phenoxy) is 1. The fourth-order valence-corrected chi connectivity index (χ4v) is 2.38. The molecule has 1 aliphatic heterocycles. The molecular weight excluding hydrogens is 264 g/mol. The van der Waals surface area contributed by atoms with Crippen molar-refractivity contribution in [1.29, 1.82) is 0 Å². The van der Waals surface area contributed by atoms with Gasteiger partial charge >= 0.3 is 0 Å². The van der Waals surface area contributed by atoms with Crippen LogP contribution in [0.4, 0.5) is 0 Å². The zero-order chi connectivity index (χ0) is 13.7. The Morgan fingerprint density at radius 2 is 2.32 bits per heavy atom. The van der Waals surface area contributed by atoms with E-state index in [1.165, 1.54) is 0 Å². The molecular formula is C14H19ClN2O2. The number of hydrogen-bond acceptors (Lipinski definition) is 3. The van der Waals surface area contributed by atoms with Crippen LogP contribution in [-0.4, -0.2) is 25.6 Å². The molecule has 2 N–H and O–H groups in total. The number of carbonyl (C=O) groups excluding carboxylic acids is 1. The van der Waals surface area contributed by atoms with E-state index in [1.54, 1.807) is 0 Å². The summed E-state index contributed by atoms with van der Waals surface area (Å²) in [5.74, 6) is 0.524. The Balaban J connectivity index is 2.07. The van der Waals surface area contributed by atoms with Gasteiger partial charge in [-0.2, -0.15) is 0 Å². The molecule has 5 heteroatoms. The predicted octanol–water partition coefficient (Wildman–Crippen LogP) is 2.11. The Kier molecular flexibility index (Phi) is 5.05. The minimum absolute atomic E-state index is 0.0483. The van der Waals surface area contributed by atoms with E-state index >= 15 is 0 Å². The third-order valence-electron chi connectivity index (χ3n) is 3.13. The van der Waals surface area contributed by atoms with Gasteiger partial charge in [-0.15, -0.1) is 0 Å². The number of carbonyl (C=O) groups is 1. The Bertz CT molecular complexity index is 451. The smallest absolute Gasteiger partial charge is 0.261 e. The number of amides is 1. The number of halogens is 1. The summed E-state index contributed by atoms with van der Waals surface area (Å²) in [7, 11) is 1.88. The van der Waals surface area contributed by atoms with Gasteiger partial charge in [0.15, 0.2) is 6.10 Å². The number of hydrogen-bond donors (Lipinski definition) is 2. The first-order valence-electron chi connectivity index (χ1n) is 6.58. The van der Waals surface area contributed by atoms with Crippen LogP contribution in [0, 0.1) is 0 Å². The van der Waals surface area contributed by atoms with Gasteiger partial charge in [-0.3, -0.25) is 4.79 Å². The van der Waals surface area contributed by atoms with Crippen LogP contribution in [0.5, 0.6) is 5.75 Å². The summed E-state index contributed by atoms with van der Waals surface area (Å²) in [6.45, 7) is 1.48. The molecule has 2 rings (SSSR count). The van der Waals surface area contributed by atoms with E-state index in [0.717, 1.165) is 37.9 Å². The van der Waals surface area contributed by atoms with Crippen LogP contribution in [0.1, 0.15) is 24.8 Å². The third-order valence-corrected chi connectivity index (χ3v) is 3.43. The number of nitrogens with one attached hydrogen (secondary N) is 2. The minimum atomic E-state index is -0.435. The van der Waals surface area contributed by atoms with E-state index in [2.05, 4.69) is 10.6 Å². The summed E-state index contributed by atoms with van der Waals surface area (Å²) in [5.41, 5.74) is 1.09. The average Bonchev–Trinajstić information content (AvgIpc) is 2.58. The normalized spacial score (nSPS) is 19.7. The van der Waals surface area contributed by atoms with Crippen LogP contribution in [0.15, 0.2) is 18.2 Å². The van der Waals surface area contributed by atoms with Gasteiger partial charge in [-0.1, -0.05) is 17.7 Å². The summed E-state index contributed by atoms with van der Waals surface area (Å²) in [5, 5.41) is 6.46. The largest absolute Gasteiger partial charge is 0.479 e. The molecule has 0 saturated carbocycles. The van der Waals surface area contributed by atoms with E-state index in [1.807, 2.05) is 25.2 Å². The maximum Gasteiger partial charge on any atom is 0.261 e. The molecule has 0 radical (unpaired) electrons. The highest BCUT2D eigenvalue weighted by Gasteiger charge is 2.23. The van der Waals surface area contributed by atoms with Crippen LogP contribution < -0.4 is 15.4 Å². The second kappa shape index (κ2) is 6.78. The molecule has 1 heterocycles. The molecule has 0 bridgehead atoms. The molecule has 1 amide bonds. The van der Waals surface area contributed by atoms with Crippen LogP contribution in [0.25, 0.3) is 0 Å². The summed E-state index contributed by atoms with van der Waals surface area (Å²) in [6, 6.07) is 5.64. The monoisotopic (exact) mass is 282 g/mol. The topological polar surface area (TPSA) is 50.4 Å². The zero-order valence-corrected chi connectivity index (χ0v) is 11.8. The first-order chi connectivity index (χ1) is 9.20. The molecule has 4 nitrogen and oxygen atoms in total. The summed E-state index contributed by atoms with van der Waals surface area (Å²) >= 11 is 6.19. The van der Waals surface area contributed by atoms with Gasteiger partial charge in [-0.25, -0.2) is 0 Å². The first kappa shape index (κ1) is 14.2. The highest BCUT2D eigenvalue weighted by atomic mass is 35.5. The van der Waals surface area contributed by atoms with Crippen LogP contribution in [-0.2, 0) is 11.3 Å². The second-order valence-electron chi connectivity index (χ2n) is 4.69. The lowest BCUT2D eigenvalue weighted by atomic mass is 10.1. The van der Waals surface area contributed by atoms with Gasteiger partial charge in [0, 0.05) is 13.1 Å². The fraction of sp³-hybridized carbons (Fsp3) is 0.500. The molecule has 1 aromatic rings. The SMILES string of the molecule is CNCc1ccc(OC2CCCCNC2=O)c(Cl)c1. The van der Waals surface area contributed by atoms with E-state index in [9.17, 15) is 4.79 Å². The van der Waals surface area contributed by atoms with Crippen molar-refractivity contribution in [3.8, 4) is 5.75 Å². The van der Waals surface area contributed by atoms with Crippen molar-refractivity contribution in [3.05, 3.63) is 28.8 Å². The molecule has 1 fully saturated rings. The maximum absolute atomic E-state index is 11.8. The molecule has 0 aromatic heterocycles. The molecule has 1 aliphatic rings. The molecule has 1 atom stereocenters. The van der Waals surface area contributed by atoms with Gasteiger partial charge in [-0.05, 0) is 44.0 Å². The molecule has 1 saturated heterocycles. The molecule has 1 aromatic carbocycles. The number of rotatable bonds is 4. The van der Waals surface area contributed by atoms with Gasteiger partial charge in [0.05, 0.1) is 5.02 Å². The molecule has 0 aliphatic carbocycles. The summed E-state index contributed by atoms with van der Waals surface area (Å²) in [6.07, 6.45) is 2.29. The van der Waals surface area contributed by atoms with Crippen molar-refractivity contribution in [1.82, 2.24) is 10.6 Å². The minimum Gasteiger partial charge on any atom is -0.479 e. The average molecular weight is 283 g/mol. The van der Waals surface area contributed by atoms with E-state index in [0.29, 0.717) is 10.8 Å². The van der Waals surface area contributed by atoms with E-state index < -0.39 is 6.10 Å². The number of benzene rings is 1. The van der Waals surface area contributed by atoms with Crippen LogP contribution >= 0.6 is 11.6 Å². The predicted molar refractivity (Wildman–Crippen MR) is 75.5 cm³/mol. The zero-order valence-electron chi connectivity index (χ0n) is 11.0. The lowest BCUT2D eigenvalue weighted by Gasteiger charge is -2.17. The molecule has 104 valence electrons. The van der Waals surface area contributed by atoms with Crippen molar-refractivity contribution in [2.75, 3.05) is 13.6 Å². The van der Waals surface area contributed by atoms with Crippen molar-refractivity contribution in [2.24, 2.45) is 0 Å². The fourth-order valence-electron chi connectivity index (χ4n) is 2.13. The molecule has 0 spiro atoms.